The minimum Gasteiger partial charge on any atom is -0.493 e. The van der Waals surface area contributed by atoms with E-state index >= 15 is 0 Å². The second-order valence-corrected chi connectivity index (χ2v) is 11.3. The predicted octanol–water partition coefficient (Wildman–Crippen LogP) is 2.74. The van der Waals surface area contributed by atoms with E-state index in [1.807, 2.05) is 31.2 Å². The monoisotopic (exact) mass is 482 g/mol. The van der Waals surface area contributed by atoms with Crippen molar-refractivity contribution in [3.63, 3.8) is 0 Å². The Bertz CT molecular complexity index is 1320. The number of pyridine rings is 1. The van der Waals surface area contributed by atoms with E-state index in [1.54, 1.807) is 11.7 Å². The smallest absolute Gasteiger partial charge is 0.170 e. The Hall–Kier alpha value is -3.03. The summed E-state index contributed by atoms with van der Waals surface area (Å²) in [4.78, 5) is 6.72. The number of aryl methyl sites for hydroxylation is 2. The van der Waals surface area contributed by atoms with Gasteiger partial charge in [0, 0.05) is 25.4 Å². The molecule has 10 heteroatoms. The third-order valence-electron chi connectivity index (χ3n) is 6.45. The van der Waals surface area contributed by atoms with Crippen LogP contribution in [0.1, 0.15) is 30.5 Å². The van der Waals surface area contributed by atoms with Crippen molar-refractivity contribution in [2.45, 2.75) is 26.2 Å². The fourth-order valence-electron chi connectivity index (χ4n) is 4.36. The van der Waals surface area contributed by atoms with Crippen LogP contribution >= 0.6 is 0 Å². The normalized spacial score (nSPS) is 15.5. The molecule has 0 bridgehead atoms. The van der Waals surface area contributed by atoms with Crippen LogP contribution in [0.3, 0.4) is 0 Å². The van der Waals surface area contributed by atoms with Gasteiger partial charge in [0.05, 0.1) is 23.6 Å². The largest absolute Gasteiger partial charge is 0.493 e. The number of likely N-dealkylation sites (tertiary alicyclic amines) is 1. The zero-order valence-electron chi connectivity index (χ0n) is 19.9. The number of benzene rings is 1. The summed E-state index contributed by atoms with van der Waals surface area (Å²) in [5, 5.41) is 17.5. The van der Waals surface area contributed by atoms with Crippen molar-refractivity contribution in [2.24, 2.45) is 13.0 Å². The van der Waals surface area contributed by atoms with Gasteiger partial charge in [-0.25, -0.2) is 18.1 Å². The summed E-state index contributed by atoms with van der Waals surface area (Å²) >= 11 is 0. The maximum atomic E-state index is 11.4. The molecule has 0 unspecified atom stereocenters. The number of hydrogen-bond donors (Lipinski definition) is 0. The van der Waals surface area contributed by atoms with Gasteiger partial charge in [0.15, 0.2) is 5.69 Å². The molecule has 2 aromatic heterocycles. The Morgan fingerprint density at radius 1 is 1.24 bits per heavy atom. The third-order valence-corrected chi connectivity index (χ3v) is 7.37. The summed E-state index contributed by atoms with van der Waals surface area (Å²) in [7, 11) is -1.11. The van der Waals surface area contributed by atoms with Gasteiger partial charge in [0.1, 0.15) is 27.2 Å². The number of nitrogens with zero attached hydrogens (tertiary/aromatic N) is 6. The van der Waals surface area contributed by atoms with Crippen molar-refractivity contribution >= 4 is 20.9 Å². The summed E-state index contributed by atoms with van der Waals surface area (Å²) in [5.74, 6) is 1.68. The molecule has 0 N–H and O–H groups in total. The van der Waals surface area contributed by atoms with Gasteiger partial charge >= 0.3 is 0 Å². The van der Waals surface area contributed by atoms with Gasteiger partial charge < -0.3 is 9.64 Å². The van der Waals surface area contributed by atoms with Crippen LogP contribution in [0.15, 0.2) is 24.3 Å². The molecule has 180 valence electrons. The third kappa shape index (κ3) is 5.72. The first-order valence-electron chi connectivity index (χ1n) is 11.5. The minimum atomic E-state index is -2.91. The average molecular weight is 483 g/mol. The van der Waals surface area contributed by atoms with Gasteiger partial charge in [-0.1, -0.05) is 5.21 Å². The molecule has 0 aliphatic carbocycles. The number of fused-ring (bicyclic) bond motifs is 1. The van der Waals surface area contributed by atoms with Crippen LogP contribution in [-0.2, 0) is 16.9 Å². The molecule has 34 heavy (non-hydrogen) atoms. The number of hydrogen-bond acceptors (Lipinski definition) is 8. The Kier molecular flexibility index (Phi) is 7.14. The van der Waals surface area contributed by atoms with Crippen LogP contribution in [0, 0.1) is 24.2 Å². The number of ether oxygens (including phenoxy) is 1. The Balaban J connectivity index is 1.33. The number of aromatic nitrogens is 4. The quantitative estimate of drug-likeness (QED) is 0.481. The first kappa shape index (κ1) is 24.1. The summed E-state index contributed by atoms with van der Waals surface area (Å²) in [6.07, 6.45) is 4.42. The van der Waals surface area contributed by atoms with Gasteiger partial charge in [0.25, 0.3) is 0 Å². The Morgan fingerprint density at radius 3 is 2.68 bits per heavy atom. The maximum absolute atomic E-state index is 11.4. The summed E-state index contributed by atoms with van der Waals surface area (Å²) in [6.45, 7) is 5.18. The maximum Gasteiger partial charge on any atom is 0.170 e. The zero-order chi connectivity index (χ0) is 24.3. The van der Waals surface area contributed by atoms with Crippen LogP contribution in [0.5, 0.6) is 5.75 Å². The predicted molar refractivity (Wildman–Crippen MR) is 130 cm³/mol. The number of sulfone groups is 1. The Morgan fingerprint density at radius 2 is 2.00 bits per heavy atom. The number of nitriles is 1. The topological polar surface area (TPSA) is 114 Å². The first-order chi connectivity index (χ1) is 16.2. The van der Waals surface area contributed by atoms with Gasteiger partial charge in [0.2, 0.25) is 0 Å². The molecule has 1 aromatic carbocycles. The molecular formula is C24H30N6O3S. The lowest BCUT2D eigenvalue weighted by atomic mass is 9.94. The minimum absolute atomic E-state index is 0.232. The van der Waals surface area contributed by atoms with Crippen molar-refractivity contribution in [1.29, 1.82) is 5.26 Å². The summed E-state index contributed by atoms with van der Waals surface area (Å²) < 4.78 is 30.4. The standard InChI is InChI=1S/C24H30N6O3S/c1-17-14-19(20-15-22-24(21(16-25)26-20)27-28-29(22)2)4-5-23(17)33-12-8-18-6-9-30(10-7-18)11-13-34(3,31)32/h4-5,14-15,18H,6-13H2,1-3H3. The van der Waals surface area contributed by atoms with E-state index in [0.717, 1.165) is 54.7 Å². The lowest BCUT2D eigenvalue weighted by Gasteiger charge is -2.31. The zero-order valence-corrected chi connectivity index (χ0v) is 20.7. The van der Waals surface area contributed by atoms with Gasteiger partial charge in [-0.2, -0.15) is 5.26 Å². The molecular weight excluding hydrogens is 452 g/mol. The molecule has 1 aliphatic rings. The van der Waals surface area contributed by atoms with E-state index in [9.17, 15) is 13.7 Å². The molecule has 9 nitrogen and oxygen atoms in total. The van der Waals surface area contributed by atoms with Crippen molar-refractivity contribution in [2.75, 3.05) is 38.2 Å². The summed E-state index contributed by atoms with van der Waals surface area (Å²) in [5.41, 5.74) is 4.16. The van der Waals surface area contributed by atoms with E-state index in [1.165, 1.54) is 6.26 Å². The lowest BCUT2D eigenvalue weighted by molar-refractivity contribution is 0.169. The molecule has 1 aliphatic heterocycles. The van der Waals surface area contributed by atoms with E-state index < -0.39 is 9.84 Å². The fraction of sp³-hybridized carbons (Fsp3) is 0.500. The fourth-order valence-corrected chi connectivity index (χ4v) is 4.95. The van der Waals surface area contributed by atoms with Crippen LogP contribution in [0.4, 0.5) is 0 Å². The van der Waals surface area contributed by atoms with Crippen LogP contribution < -0.4 is 4.74 Å². The molecule has 0 radical (unpaired) electrons. The van der Waals surface area contributed by atoms with Crippen molar-refractivity contribution in [3.8, 4) is 23.1 Å². The van der Waals surface area contributed by atoms with E-state index in [-0.39, 0.29) is 11.4 Å². The van der Waals surface area contributed by atoms with Gasteiger partial charge in [-0.3, -0.25) is 0 Å². The summed E-state index contributed by atoms with van der Waals surface area (Å²) in [6, 6.07) is 9.95. The molecule has 3 heterocycles. The first-order valence-corrected chi connectivity index (χ1v) is 13.5. The number of rotatable bonds is 8. The highest BCUT2D eigenvalue weighted by Crippen LogP contribution is 2.28. The average Bonchev–Trinajstić information content (AvgIpc) is 3.19. The molecule has 0 atom stereocenters. The second kappa shape index (κ2) is 10.1. The highest BCUT2D eigenvalue weighted by Gasteiger charge is 2.20. The van der Waals surface area contributed by atoms with E-state index in [2.05, 4.69) is 26.3 Å². The highest BCUT2D eigenvalue weighted by molar-refractivity contribution is 7.90. The van der Waals surface area contributed by atoms with Crippen LogP contribution in [0.25, 0.3) is 22.3 Å². The second-order valence-electron chi connectivity index (χ2n) is 9.08. The molecule has 0 spiro atoms. The van der Waals surface area contributed by atoms with E-state index in [0.29, 0.717) is 30.3 Å². The van der Waals surface area contributed by atoms with Crippen molar-refractivity contribution in [3.05, 3.63) is 35.5 Å². The van der Waals surface area contributed by atoms with Crippen LogP contribution in [-0.4, -0.2) is 71.5 Å². The van der Waals surface area contributed by atoms with Gasteiger partial charge in [-0.05, 0) is 75.0 Å². The molecule has 1 fully saturated rings. The Labute approximate surface area is 200 Å². The van der Waals surface area contributed by atoms with E-state index in [4.69, 9.17) is 4.74 Å². The van der Waals surface area contributed by atoms with Crippen LogP contribution in [0.2, 0.25) is 0 Å². The molecule has 3 aromatic rings. The van der Waals surface area contributed by atoms with Crippen molar-refractivity contribution in [1.82, 2.24) is 24.9 Å². The number of piperidine rings is 1. The molecule has 4 rings (SSSR count). The molecule has 0 amide bonds. The molecule has 0 saturated carbocycles. The van der Waals surface area contributed by atoms with Crippen molar-refractivity contribution < 1.29 is 13.2 Å². The lowest BCUT2D eigenvalue weighted by Crippen LogP contribution is -2.37. The highest BCUT2D eigenvalue weighted by atomic mass is 32.2. The van der Waals surface area contributed by atoms with Gasteiger partial charge in [-0.15, -0.1) is 5.10 Å². The molecule has 1 saturated heterocycles. The SMILES string of the molecule is Cc1cc(-c2cc3c(nnn3C)c(C#N)n2)ccc1OCCC1CCN(CCS(C)(=O)=O)CC1.